The maximum atomic E-state index is 12.0. The van der Waals surface area contributed by atoms with Gasteiger partial charge >= 0.3 is 5.97 Å². The third-order valence-electron chi connectivity index (χ3n) is 3.69. The van der Waals surface area contributed by atoms with Crippen LogP contribution in [0.2, 0.25) is 0 Å². The maximum Gasteiger partial charge on any atom is 0.363 e. The number of rotatable bonds is 4. The molecule has 2 aromatic carbocycles. The Bertz CT molecular complexity index is 1010. The molecule has 0 spiro atoms. The number of aryl methyl sites for hydroxylation is 1. The second-order valence-electron chi connectivity index (χ2n) is 5.41. The van der Waals surface area contributed by atoms with Crippen LogP contribution in [0.1, 0.15) is 16.7 Å². The molecular formula is C17H11N3O6. The van der Waals surface area contributed by atoms with E-state index >= 15 is 0 Å². The molecule has 1 aliphatic rings. The highest BCUT2D eigenvalue weighted by Gasteiger charge is 2.26. The number of benzene rings is 2. The third-order valence-corrected chi connectivity index (χ3v) is 3.69. The highest BCUT2D eigenvalue weighted by atomic mass is 16.6. The van der Waals surface area contributed by atoms with E-state index in [1.165, 1.54) is 42.5 Å². The predicted molar refractivity (Wildman–Crippen MR) is 91.5 cm³/mol. The van der Waals surface area contributed by atoms with Gasteiger partial charge < -0.3 is 4.74 Å². The van der Waals surface area contributed by atoms with Crippen molar-refractivity contribution in [1.82, 2.24) is 0 Å². The molecule has 130 valence electrons. The van der Waals surface area contributed by atoms with E-state index in [2.05, 4.69) is 4.99 Å². The molecule has 0 amide bonds. The quantitative estimate of drug-likeness (QED) is 0.360. The number of hydrogen-bond donors (Lipinski definition) is 0. The monoisotopic (exact) mass is 353 g/mol. The van der Waals surface area contributed by atoms with Crippen molar-refractivity contribution in [3.8, 4) is 0 Å². The van der Waals surface area contributed by atoms with Gasteiger partial charge in [-0.1, -0.05) is 12.1 Å². The van der Waals surface area contributed by atoms with Crippen molar-refractivity contribution in [2.45, 2.75) is 6.92 Å². The first-order valence-corrected chi connectivity index (χ1v) is 7.38. The Morgan fingerprint density at radius 2 is 1.73 bits per heavy atom. The standard InChI is InChI=1S/C17H11N3O6/c1-10-8-12(6-7-14(10)19(22)23)16-18-13(17(21)26-16)9-11-4-2-3-5-15(11)20(24)25/h2-9H,1H3/b13-9+. The van der Waals surface area contributed by atoms with Gasteiger partial charge in [-0.25, -0.2) is 9.79 Å². The maximum absolute atomic E-state index is 12.0. The SMILES string of the molecule is Cc1cc(C2=N/C(=C/c3ccccc3[N+](=O)[O-])C(=O)O2)ccc1[N+](=O)[O-]. The molecule has 1 heterocycles. The van der Waals surface area contributed by atoms with Gasteiger partial charge in [0.1, 0.15) is 0 Å². The van der Waals surface area contributed by atoms with Crippen molar-refractivity contribution >= 4 is 29.3 Å². The molecule has 1 aliphatic heterocycles. The van der Waals surface area contributed by atoms with E-state index in [1.54, 1.807) is 13.0 Å². The first kappa shape index (κ1) is 17.0. The lowest BCUT2D eigenvalue weighted by molar-refractivity contribution is -0.385. The van der Waals surface area contributed by atoms with E-state index in [4.69, 9.17) is 4.74 Å². The highest BCUT2D eigenvalue weighted by Crippen LogP contribution is 2.26. The number of hydrogen-bond acceptors (Lipinski definition) is 7. The van der Waals surface area contributed by atoms with Crippen LogP contribution in [0.25, 0.3) is 6.08 Å². The predicted octanol–water partition coefficient (Wildman–Crippen LogP) is 3.16. The first-order chi connectivity index (χ1) is 12.4. The average Bonchev–Trinajstić information content (AvgIpc) is 2.95. The van der Waals surface area contributed by atoms with Crippen molar-refractivity contribution < 1.29 is 19.4 Å². The molecule has 3 rings (SSSR count). The Labute approximate surface area is 146 Å². The van der Waals surface area contributed by atoms with Gasteiger partial charge in [0.2, 0.25) is 5.90 Å². The van der Waals surface area contributed by atoms with Crippen LogP contribution in [0, 0.1) is 27.2 Å². The molecule has 26 heavy (non-hydrogen) atoms. The van der Waals surface area contributed by atoms with Gasteiger partial charge in [0.05, 0.1) is 15.4 Å². The van der Waals surface area contributed by atoms with Crippen LogP contribution in [0.15, 0.2) is 53.2 Å². The normalized spacial score (nSPS) is 14.9. The van der Waals surface area contributed by atoms with Gasteiger partial charge in [0, 0.05) is 23.3 Å². The molecule has 2 aromatic rings. The van der Waals surface area contributed by atoms with Crippen molar-refractivity contribution in [1.29, 1.82) is 0 Å². The smallest absolute Gasteiger partial charge is 0.363 e. The summed E-state index contributed by atoms with van der Waals surface area (Å²) >= 11 is 0. The van der Waals surface area contributed by atoms with Crippen LogP contribution >= 0.6 is 0 Å². The van der Waals surface area contributed by atoms with Crippen LogP contribution in [-0.2, 0) is 9.53 Å². The number of para-hydroxylation sites is 1. The molecular weight excluding hydrogens is 342 g/mol. The van der Waals surface area contributed by atoms with E-state index in [9.17, 15) is 25.0 Å². The fourth-order valence-corrected chi connectivity index (χ4v) is 2.45. The van der Waals surface area contributed by atoms with Crippen molar-refractivity contribution in [3.63, 3.8) is 0 Å². The van der Waals surface area contributed by atoms with E-state index in [0.717, 1.165) is 0 Å². The molecule has 0 aromatic heterocycles. The number of ether oxygens (including phenoxy) is 1. The zero-order valence-corrected chi connectivity index (χ0v) is 13.4. The highest BCUT2D eigenvalue weighted by molar-refractivity contribution is 6.13. The van der Waals surface area contributed by atoms with E-state index in [-0.39, 0.29) is 28.5 Å². The van der Waals surface area contributed by atoms with Gasteiger partial charge in [-0.2, -0.15) is 0 Å². The third kappa shape index (κ3) is 3.18. The molecule has 0 aliphatic carbocycles. The Kier molecular flexibility index (Phi) is 4.27. The Balaban J connectivity index is 1.99. The number of nitrogens with zero attached hydrogens (tertiary/aromatic N) is 3. The second kappa shape index (κ2) is 6.55. The topological polar surface area (TPSA) is 125 Å². The second-order valence-corrected chi connectivity index (χ2v) is 5.41. The Hall–Kier alpha value is -3.88. The number of cyclic esters (lactones) is 1. The lowest BCUT2D eigenvalue weighted by Crippen LogP contribution is -2.06. The number of nitro benzene ring substituents is 2. The van der Waals surface area contributed by atoms with Crippen molar-refractivity contribution in [3.05, 3.63) is 85.1 Å². The minimum Gasteiger partial charge on any atom is -0.402 e. The minimum atomic E-state index is -0.755. The number of esters is 1. The summed E-state index contributed by atoms with van der Waals surface area (Å²) in [5, 5.41) is 21.9. The molecule has 0 fully saturated rings. The summed E-state index contributed by atoms with van der Waals surface area (Å²) in [4.78, 5) is 36.9. The molecule has 0 bridgehead atoms. The fourth-order valence-electron chi connectivity index (χ4n) is 2.45. The summed E-state index contributed by atoms with van der Waals surface area (Å²) in [7, 11) is 0. The summed E-state index contributed by atoms with van der Waals surface area (Å²) in [6.45, 7) is 1.56. The van der Waals surface area contributed by atoms with E-state index in [1.807, 2.05) is 0 Å². The molecule has 0 unspecified atom stereocenters. The summed E-state index contributed by atoms with van der Waals surface area (Å²) in [5.74, 6) is -0.771. The van der Waals surface area contributed by atoms with Gasteiger partial charge in [-0.05, 0) is 31.2 Å². The lowest BCUT2D eigenvalue weighted by atomic mass is 10.1. The molecule has 0 atom stereocenters. The Morgan fingerprint density at radius 3 is 2.38 bits per heavy atom. The zero-order chi connectivity index (χ0) is 18.8. The number of aliphatic imine (C=N–C) groups is 1. The van der Waals surface area contributed by atoms with E-state index in [0.29, 0.717) is 11.1 Å². The largest absolute Gasteiger partial charge is 0.402 e. The molecule has 0 N–H and O–H groups in total. The van der Waals surface area contributed by atoms with Crippen LogP contribution in [0.5, 0.6) is 0 Å². The first-order valence-electron chi connectivity index (χ1n) is 7.38. The van der Waals surface area contributed by atoms with Crippen LogP contribution in [0.3, 0.4) is 0 Å². The molecule has 0 saturated heterocycles. The molecule has 0 saturated carbocycles. The van der Waals surface area contributed by atoms with Crippen LogP contribution < -0.4 is 0 Å². The van der Waals surface area contributed by atoms with Crippen LogP contribution in [0.4, 0.5) is 11.4 Å². The molecule has 0 radical (unpaired) electrons. The van der Waals surface area contributed by atoms with Crippen molar-refractivity contribution in [2.75, 3.05) is 0 Å². The van der Waals surface area contributed by atoms with Gasteiger partial charge in [-0.15, -0.1) is 0 Å². The minimum absolute atomic E-state index is 0.0159. The summed E-state index contributed by atoms with van der Waals surface area (Å²) < 4.78 is 5.09. The summed E-state index contributed by atoms with van der Waals surface area (Å²) in [6.07, 6.45) is 1.27. The summed E-state index contributed by atoms with van der Waals surface area (Å²) in [5.41, 5.74) is 0.686. The molecule has 9 heteroatoms. The average molecular weight is 353 g/mol. The number of carbonyl (C=O) groups is 1. The molecule has 9 nitrogen and oxygen atoms in total. The van der Waals surface area contributed by atoms with Gasteiger partial charge in [0.25, 0.3) is 11.4 Å². The summed E-state index contributed by atoms with van der Waals surface area (Å²) in [6, 6.07) is 10.1. The lowest BCUT2D eigenvalue weighted by Gasteiger charge is -2.01. The number of carbonyl (C=O) groups excluding carboxylic acids is 1. The fraction of sp³-hybridized carbons (Fsp3) is 0.0588. The number of nitro groups is 2. The zero-order valence-electron chi connectivity index (χ0n) is 13.4. The van der Waals surface area contributed by atoms with Gasteiger partial charge in [0.15, 0.2) is 5.70 Å². The Morgan fingerprint density at radius 1 is 1.04 bits per heavy atom. The van der Waals surface area contributed by atoms with Crippen molar-refractivity contribution in [2.24, 2.45) is 4.99 Å². The van der Waals surface area contributed by atoms with Crippen LogP contribution in [-0.4, -0.2) is 21.7 Å². The van der Waals surface area contributed by atoms with Gasteiger partial charge in [-0.3, -0.25) is 20.2 Å². The van der Waals surface area contributed by atoms with E-state index < -0.39 is 15.8 Å².